The largest absolute Gasteiger partial charge is 0.383 e. The first-order valence-corrected chi connectivity index (χ1v) is 5.64. The van der Waals surface area contributed by atoms with Crippen LogP contribution in [0.5, 0.6) is 0 Å². The lowest BCUT2D eigenvalue weighted by Crippen LogP contribution is -1.98. The first-order chi connectivity index (χ1) is 8.49. The maximum atomic E-state index is 13.9. The molecule has 2 N–H and O–H groups in total. The van der Waals surface area contributed by atoms with Gasteiger partial charge in [-0.2, -0.15) is 0 Å². The summed E-state index contributed by atoms with van der Waals surface area (Å²) in [6.45, 7) is 0. The van der Waals surface area contributed by atoms with Crippen molar-refractivity contribution in [2.75, 3.05) is 5.73 Å². The number of nitrogens with zero attached hydrogens (tertiary/aromatic N) is 2. The highest BCUT2D eigenvalue weighted by Crippen LogP contribution is 2.29. The van der Waals surface area contributed by atoms with Crippen LogP contribution in [-0.4, -0.2) is 9.91 Å². The molecule has 0 fully saturated rings. The molecule has 2 aromatic rings. The highest BCUT2D eigenvalue weighted by atomic mass is 79.9. The van der Waals surface area contributed by atoms with E-state index in [9.17, 15) is 14.5 Å². The van der Waals surface area contributed by atoms with Crippen LogP contribution in [-0.2, 0) is 0 Å². The predicted octanol–water partition coefficient (Wildman–Crippen LogP) is 3.14. The van der Waals surface area contributed by atoms with Gasteiger partial charge in [-0.15, -0.1) is 0 Å². The van der Waals surface area contributed by atoms with E-state index in [1.165, 1.54) is 18.2 Å². The Morgan fingerprint density at radius 1 is 1.39 bits per heavy atom. The van der Waals surface area contributed by atoms with Crippen LogP contribution in [0.3, 0.4) is 0 Å². The number of aromatic nitrogens is 1. The molecule has 0 spiro atoms. The molecular formula is C11H7BrFN3O2. The van der Waals surface area contributed by atoms with Crippen molar-refractivity contribution in [1.29, 1.82) is 0 Å². The van der Waals surface area contributed by atoms with Gasteiger partial charge in [0.25, 0.3) is 5.69 Å². The maximum absolute atomic E-state index is 13.9. The zero-order valence-electron chi connectivity index (χ0n) is 8.93. The monoisotopic (exact) mass is 311 g/mol. The molecule has 1 aromatic heterocycles. The van der Waals surface area contributed by atoms with E-state index in [1.54, 1.807) is 6.07 Å². The molecule has 0 saturated carbocycles. The summed E-state index contributed by atoms with van der Waals surface area (Å²) in [6.07, 6.45) is 0. The Labute approximate surface area is 110 Å². The van der Waals surface area contributed by atoms with Crippen molar-refractivity contribution in [1.82, 2.24) is 4.98 Å². The minimum Gasteiger partial charge on any atom is -0.383 e. The van der Waals surface area contributed by atoms with Crippen molar-refractivity contribution < 1.29 is 9.31 Å². The fourth-order valence-corrected chi connectivity index (χ4v) is 1.85. The summed E-state index contributed by atoms with van der Waals surface area (Å²) in [5.41, 5.74) is 5.53. The highest BCUT2D eigenvalue weighted by molar-refractivity contribution is 9.10. The molecule has 0 aliphatic heterocycles. The highest BCUT2D eigenvalue weighted by Gasteiger charge is 2.15. The van der Waals surface area contributed by atoms with Crippen molar-refractivity contribution in [3.8, 4) is 11.3 Å². The van der Waals surface area contributed by atoms with Gasteiger partial charge < -0.3 is 5.73 Å². The molecule has 2 rings (SSSR count). The number of nitro groups is 1. The third-order valence-electron chi connectivity index (χ3n) is 2.27. The normalized spacial score (nSPS) is 10.3. The average molecular weight is 312 g/mol. The van der Waals surface area contributed by atoms with Gasteiger partial charge in [0, 0.05) is 11.6 Å². The van der Waals surface area contributed by atoms with Crippen molar-refractivity contribution in [2.24, 2.45) is 0 Å². The summed E-state index contributed by atoms with van der Waals surface area (Å²) in [4.78, 5) is 14.0. The Bertz CT molecular complexity index is 634. The Balaban J connectivity index is 2.64. The number of halogens is 2. The van der Waals surface area contributed by atoms with Crippen molar-refractivity contribution in [3.63, 3.8) is 0 Å². The van der Waals surface area contributed by atoms with E-state index >= 15 is 0 Å². The quantitative estimate of drug-likeness (QED) is 0.682. The number of nitrogens with two attached hydrogens (primary N) is 1. The first-order valence-electron chi connectivity index (χ1n) is 4.85. The minimum absolute atomic E-state index is 0.0291. The molecule has 92 valence electrons. The number of hydrogen-bond acceptors (Lipinski definition) is 4. The summed E-state index contributed by atoms with van der Waals surface area (Å²) in [5, 5.41) is 10.7. The smallest absolute Gasteiger partial charge is 0.275 e. The molecular weight excluding hydrogens is 305 g/mol. The summed E-state index contributed by atoms with van der Waals surface area (Å²) in [5.74, 6) is -0.566. The number of rotatable bonds is 2. The van der Waals surface area contributed by atoms with Crippen LogP contribution >= 0.6 is 15.9 Å². The Morgan fingerprint density at radius 2 is 2.11 bits per heavy atom. The summed E-state index contributed by atoms with van der Waals surface area (Å²) in [6, 6.07) is 6.92. The molecule has 18 heavy (non-hydrogen) atoms. The fourth-order valence-electron chi connectivity index (χ4n) is 1.48. The zero-order valence-corrected chi connectivity index (χ0v) is 10.5. The molecule has 0 radical (unpaired) electrons. The van der Waals surface area contributed by atoms with Gasteiger partial charge in [-0.1, -0.05) is 6.07 Å². The number of anilines is 1. The first kappa shape index (κ1) is 12.4. The van der Waals surface area contributed by atoms with Gasteiger partial charge in [0.05, 0.1) is 21.2 Å². The Kier molecular flexibility index (Phi) is 3.24. The Hall–Kier alpha value is -2.02. The van der Waals surface area contributed by atoms with E-state index in [2.05, 4.69) is 20.9 Å². The van der Waals surface area contributed by atoms with E-state index in [-0.39, 0.29) is 27.2 Å². The molecule has 0 unspecified atom stereocenters. The van der Waals surface area contributed by atoms with Crippen molar-refractivity contribution in [3.05, 3.63) is 50.7 Å². The van der Waals surface area contributed by atoms with E-state index in [0.29, 0.717) is 0 Å². The third-order valence-corrected chi connectivity index (χ3v) is 2.88. The molecule has 7 heteroatoms. The third kappa shape index (κ3) is 2.30. The summed E-state index contributed by atoms with van der Waals surface area (Å²) >= 11 is 3.04. The van der Waals surface area contributed by atoms with E-state index < -0.39 is 10.7 Å². The SMILES string of the molecule is Nc1cc([N+](=O)[O-])cc(-c2cccc(Br)c2F)n1. The second kappa shape index (κ2) is 4.69. The van der Waals surface area contributed by atoms with Crippen LogP contribution in [0.1, 0.15) is 0 Å². The minimum atomic E-state index is -0.600. The average Bonchev–Trinajstić information content (AvgIpc) is 2.31. The molecule has 5 nitrogen and oxygen atoms in total. The number of nitrogen functional groups attached to an aromatic ring is 1. The Morgan fingerprint density at radius 3 is 2.78 bits per heavy atom. The topological polar surface area (TPSA) is 82.0 Å². The molecule has 1 aromatic carbocycles. The molecule has 0 saturated heterocycles. The fraction of sp³-hybridized carbons (Fsp3) is 0. The van der Waals surface area contributed by atoms with Crippen LogP contribution in [0.15, 0.2) is 34.8 Å². The van der Waals surface area contributed by atoms with Crippen LogP contribution in [0.4, 0.5) is 15.9 Å². The number of benzene rings is 1. The van der Waals surface area contributed by atoms with Gasteiger partial charge in [-0.25, -0.2) is 9.37 Å². The van der Waals surface area contributed by atoms with Gasteiger partial charge in [0.2, 0.25) is 0 Å². The predicted molar refractivity (Wildman–Crippen MR) is 68.4 cm³/mol. The maximum Gasteiger partial charge on any atom is 0.275 e. The summed E-state index contributed by atoms with van der Waals surface area (Å²) in [7, 11) is 0. The molecule has 0 aliphatic rings. The van der Waals surface area contributed by atoms with Crippen LogP contribution < -0.4 is 5.73 Å². The molecule has 0 aliphatic carbocycles. The zero-order chi connectivity index (χ0) is 13.3. The van der Waals surface area contributed by atoms with E-state index in [0.717, 1.165) is 6.07 Å². The van der Waals surface area contributed by atoms with Gasteiger partial charge in [0.15, 0.2) is 0 Å². The summed E-state index contributed by atoms with van der Waals surface area (Å²) < 4.78 is 14.1. The van der Waals surface area contributed by atoms with Crippen LogP contribution in [0, 0.1) is 15.9 Å². The van der Waals surface area contributed by atoms with E-state index in [1.807, 2.05) is 0 Å². The van der Waals surface area contributed by atoms with Crippen molar-refractivity contribution in [2.45, 2.75) is 0 Å². The van der Waals surface area contributed by atoms with Crippen LogP contribution in [0.25, 0.3) is 11.3 Å². The van der Waals surface area contributed by atoms with Gasteiger partial charge >= 0.3 is 0 Å². The lowest BCUT2D eigenvalue weighted by atomic mass is 10.1. The lowest BCUT2D eigenvalue weighted by Gasteiger charge is -2.05. The van der Waals surface area contributed by atoms with E-state index in [4.69, 9.17) is 5.73 Å². The molecule has 0 bridgehead atoms. The van der Waals surface area contributed by atoms with Gasteiger partial charge in [0.1, 0.15) is 11.6 Å². The molecule has 0 atom stereocenters. The number of pyridine rings is 1. The lowest BCUT2D eigenvalue weighted by molar-refractivity contribution is -0.384. The van der Waals surface area contributed by atoms with Gasteiger partial charge in [-0.3, -0.25) is 10.1 Å². The molecule has 0 amide bonds. The second-order valence-corrected chi connectivity index (χ2v) is 4.35. The van der Waals surface area contributed by atoms with Gasteiger partial charge in [-0.05, 0) is 28.1 Å². The van der Waals surface area contributed by atoms with Crippen LogP contribution in [0.2, 0.25) is 0 Å². The van der Waals surface area contributed by atoms with Crippen molar-refractivity contribution >= 4 is 27.4 Å². The molecule has 1 heterocycles. The second-order valence-electron chi connectivity index (χ2n) is 3.49. The number of hydrogen-bond donors (Lipinski definition) is 1. The standard InChI is InChI=1S/C11H7BrFN3O2/c12-8-3-1-2-7(11(8)13)9-4-6(16(17)18)5-10(14)15-9/h1-5H,(H2,14,15).